The first kappa shape index (κ1) is 14.9. The zero-order valence-corrected chi connectivity index (χ0v) is 13.1. The maximum Gasteiger partial charge on any atom is 0.151 e. The minimum atomic E-state index is -2.87. The van der Waals surface area contributed by atoms with Crippen LogP contribution in [0.2, 0.25) is 0 Å². The Morgan fingerprint density at radius 2 is 1.88 bits per heavy atom. The van der Waals surface area contributed by atoms with Crippen molar-refractivity contribution in [3.8, 4) is 0 Å². The zero-order valence-electron chi connectivity index (χ0n) is 10.1. The van der Waals surface area contributed by atoms with Crippen molar-refractivity contribution in [3.05, 3.63) is 33.4 Å². The van der Waals surface area contributed by atoms with Gasteiger partial charge in [-0.3, -0.25) is 0 Å². The summed E-state index contributed by atoms with van der Waals surface area (Å²) in [5.41, 5.74) is 1.18. The van der Waals surface area contributed by atoms with Crippen molar-refractivity contribution in [3.63, 3.8) is 0 Å². The second-order valence-electron chi connectivity index (χ2n) is 3.96. The highest BCUT2D eigenvalue weighted by Crippen LogP contribution is 2.14. The first-order chi connectivity index (χ1) is 7.94. The van der Waals surface area contributed by atoms with E-state index in [0.717, 1.165) is 0 Å². The van der Waals surface area contributed by atoms with E-state index in [-0.39, 0.29) is 17.5 Å². The van der Waals surface area contributed by atoms with Gasteiger partial charge in [0.2, 0.25) is 0 Å². The quantitative estimate of drug-likeness (QED) is 0.786. The Balaban J connectivity index is 2.45. The van der Waals surface area contributed by atoms with Crippen molar-refractivity contribution >= 4 is 32.4 Å². The van der Waals surface area contributed by atoms with Gasteiger partial charge in [-0.25, -0.2) is 8.42 Å². The molecule has 1 aromatic carbocycles. The number of rotatable bonds is 6. The van der Waals surface area contributed by atoms with Crippen LogP contribution in [0.25, 0.3) is 0 Å². The van der Waals surface area contributed by atoms with Gasteiger partial charge in [0.05, 0.1) is 5.75 Å². The van der Waals surface area contributed by atoms with Crippen LogP contribution in [0.1, 0.15) is 25.5 Å². The van der Waals surface area contributed by atoms with Crippen LogP contribution in [0.15, 0.2) is 24.3 Å². The third kappa shape index (κ3) is 5.35. The fourth-order valence-corrected chi connectivity index (χ4v) is 2.52. The molecule has 1 atom stereocenters. The Morgan fingerprint density at radius 3 is 2.41 bits per heavy atom. The van der Waals surface area contributed by atoms with E-state index >= 15 is 0 Å². The first-order valence-electron chi connectivity index (χ1n) is 5.64. The summed E-state index contributed by atoms with van der Waals surface area (Å²) >= 11 is 2.26. The first-order valence-corrected chi connectivity index (χ1v) is 8.54. The monoisotopic (exact) mass is 367 g/mol. The molecule has 0 fully saturated rings. The van der Waals surface area contributed by atoms with Crippen molar-refractivity contribution in [2.75, 3.05) is 18.1 Å². The van der Waals surface area contributed by atoms with E-state index < -0.39 is 9.84 Å². The summed E-state index contributed by atoms with van der Waals surface area (Å²) in [6.07, 6.45) is 0. The molecule has 1 aromatic rings. The van der Waals surface area contributed by atoms with Crippen molar-refractivity contribution in [1.29, 1.82) is 0 Å². The summed E-state index contributed by atoms with van der Waals surface area (Å²) in [6.45, 7) is 4.22. The Kier molecular flexibility index (Phi) is 5.88. The van der Waals surface area contributed by atoms with E-state index in [0.29, 0.717) is 6.54 Å². The molecule has 0 saturated carbocycles. The lowest BCUT2D eigenvalue weighted by atomic mass is 10.1. The van der Waals surface area contributed by atoms with E-state index in [2.05, 4.69) is 52.2 Å². The molecule has 1 unspecified atom stereocenters. The predicted molar refractivity (Wildman–Crippen MR) is 79.9 cm³/mol. The maximum atomic E-state index is 11.3. The van der Waals surface area contributed by atoms with Crippen LogP contribution in [-0.4, -0.2) is 26.5 Å². The predicted octanol–water partition coefficient (Wildman–Crippen LogP) is 2.38. The topological polar surface area (TPSA) is 46.2 Å². The van der Waals surface area contributed by atoms with Gasteiger partial charge in [-0.2, -0.15) is 0 Å². The summed E-state index contributed by atoms with van der Waals surface area (Å²) in [7, 11) is -2.87. The normalized spacial score (nSPS) is 13.6. The lowest BCUT2D eigenvalue weighted by Crippen LogP contribution is -2.26. The molecular weight excluding hydrogens is 349 g/mol. The Morgan fingerprint density at radius 1 is 1.29 bits per heavy atom. The summed E-state index contributed by atoms with van der Waals surface area (Å²) in [6, 6.07) is 8.41. The van der Waals surface area contributed by atoms with Crippen LogP contribution in [-0.2, 0) is 9.84 Å². The molecule has 3 nitrogen and oxygen atoms in total. The SMILES string of the molecule is CCS(=O)(=O)CCNC(C)c1ccc(I)cc1. The minimum absolute atomic E-state index is 0.180. The molecule has 5 heteroatoms. The van der Waals surface area contributed by atoms with Crippen LogP contribution in [0, 0.1) is 3.57 Å². The van der Waals surface area contributed by atoms with Gasteiger partial charge in [-0.1, -0.05) is 19.1 Å². The van der Waals surface area contributed by atoms with E-state index in [9.17, 15) is 8.42 Å². The molecule has 0 aliphatic heterocycles. The van der Waals surface area contributed by atoms with Gasteiger partial charge in [0.1, 0.15) is 0 Å². The molecular formula is C12H18INO2S. The summed E-state index contributed by atoms with van der Waals surface area (Å²) < 4.78 is 23.8. The number of halogens is 1. The highest BCUT2D eigenvalue weighted by atomic mass is 127. The van der Waals surface area contributed by atoms with Gasteiger partial charge in [0.25, 0.3) is 0 Å². The highest BCUT2D eigenvalue weighted by molar-refractivity contribution is 14.1. The molecule has 1 N–H and O–H groups in total. The standard InChI is InChI=1S/C12H18INO2S/c1-3-17(15,16)9-8-14-10(2)11-4-6-12(13)7-5-11/h4-7,10,14H,3,8-9H2,1-2H3. The Labute approximate surface area is 117 Å². The Hall–Kier alpha value is -0.140. The van der Waals surface area contributed by atoms with Gasteiger partial charge >= 0.3 is 0 Å². The lowest BCUT2D eigenvalue weighted by Gasteiger charge is -2.14. The molecule has 0 saturated heterocycles. The van der Waals surface area contributed by atoms with Crippen molar-refractivity contribution < 1.29 is 8.42 Å². The number of benzene rings is 1. The van der Waals surface area contributed by atoms with Gasteiger partial charge in [0, 0.05) is 21.9 Å². The van der Waals surface area contributed by atoms with E-state index in [1.54, 1.807) is 6.92 Å². The molecule has 0 aliphatic rings. The van der Waals surface area contributed by atoms with Gasteiger partial charge < -0.3 is 5.32 Å². The lowest BCUT2D eigenvalue weighted by molar-refractivity contribution is 0.573. The number of hydrogen-bond acceptors (Lipinski definition) is 3. The van der Waals surface area contributed by atoms with Gasteiger partial charge in [-0.15, -0.1) is 0 Å². The van der Waals surface area contributed by atoms with Crippen LogP contribution < -0.4 is 5.32 Å². The van der Waals surface area contributed by atoms with E-state index in [1.807, 2.05) is 6.92 Å². The molecule has 0 bridgehead atoms. The molecule has 0 aliphatic carbocycles. The van der Waals surface area contributed by atoms with Crippen molar-refractivity contribution in [2.45, 2.75) is 19.9 Å². The van der Waals surface area contributed by atoms with Crippen LogP contribution >= 0.6 is 22.6 Å². The molecule has 1 rings (SSSR count). The molecule has 0 amide bonds. The highest BCUT2D eigenvalue weighted by Gasteiger charge is 2.09. The maximum absolute atomic E-state index is 11.3. The summed E-state index contributed by atoms with van der Waals surface area (Å²) in [4.78, 5) is 0. The van der Waals surface area contributed by atoms with E-state index in [1.165, 1.54) is 9.13 Å². The number of hydrogen-bond donors (Lipinski definition) is 1. The summed E-state index contributed by atoms with van der Waals surface area (Å²) in [5, 5.41) is 3.23. The number of sulfone groups is 1. The fourth-order valence-electron chi connectivity index (χ4n) is 1.44. The zero-order chi connectivity index (χ0) is 12.9. The number of nitrogens with one attached hydrogen (secondary N) is 1. The summed E-state index contributed by atoms with van der Waals surface area (Å²) in [5.74, 6) is 0.421. The van der Waals surface area contributed by atoms with Crippen molar-refractivity contribution in [1.82, 2.24) is 5.32 Å². The van der Waals surface area contributed by atoms with Crippen LogP contribution in [0.5, 0.6) is 0 Å². The third-order valence-corrected chi connectivity index (χ3v) is 5.10. The average Bonchev–Trinajstić information content (AvgIpc) is 2.29. The molecule has 0 aromatic heterocycles. The largest absolute Gasteiger partial charge is 0.309 e. The average molecular weight is 367 g/mol. The molecule has 0 heterocycles. The second-order valence-corrected chi connectivity index (χ2v) is 7.68. The molecule has 96 valence electrons. The minimum Gasteiger partial charge on any atom is -0.309 e. The smallest absolute Gasteiger partial charge is 0.151 e. The molecule has 17 heavy (non-hydrogen) atoms. The molecule has 0 spiro atoms. The second kappa shape index (κ2) is 6.70. The third-order valence-electron chi connectivity index (χ3n) is 2.67. The van der Waals surface area contributed by atoms with Crippen LogP contribution in [0.4, 0.5) is 0 Å². The van der Waals surface area contributed by atoms with Crippen LogP contribution in [0.3, 0.4) is 0 Å². The Bertz CT molecular complexity index is 442. The van der Waals surface area contributed by atoms with E-state index in [4.69, 9.17) is 0 Å². The van der Waals surface area contributed by atoms with Gasteiger partial charge in [0.15, 0.2) is 9.84 Å². The molecule has 0 radical (unpaired) electrons. The fraction of sp³-hybridized carbons (Fsp3) is 0.500. The van der Waals surface area contributed by atoms with Crippen molar-refractivity contribution in [2.24, 2.45) is 0 Å². The van der Waals surface area contributed by atoms with Gasteiger partial charge in [-0.05, 0) is 47.2 Å².